The summed E-state index contributed by atoms with van der Waals surface area (Å²) in [5.41, 5.74) is 0. The van der Waals surface area contributed by atoms with Crippen LogP contribution in [0.2, 0.25) is 10.0 Å². The van der Waals surface area contributed by atoms with Crippen LogP contribution in [0, 0.1) is 0 Å². The number of hydrogen-bond donors (Lipinski definition) is 2. The predicted molar refractivity (Wildman–Crippen MR) is 84.0 cm³/mol. The highest BCUT2D eigenvalue weighted by molar-refractivity contribution is 7.89. The number of hydrogen-bond acceptors (Lipinski definition) is 4. The van der Waals surface area contributed by atoms with Crippen LogP contribution in [0.15, 0.2) is 17.0 Å². The van der Waals surface area contributed by atoms with Crippen molar-refractivity contribution in [1.82, 2.24) is 10.0 Å². The molecule has 0 heterocycles. The fraction of sp³-hybridized carbons (Fsp3) is 0.455. The van der Waals surface area contributed by atoms with Crippen molar-refractivity contribution < 1.29 is 13.2 Å². The summed E-state index contributed by atoms with van der Waals surface area (Å²) in [5.74, 6) is 0.328. The van der Waals surface area contributed by atoms with E-state index >= 15 is 0 Å². The molecule has 5 nitrogen and oxygen atoms in total. The van der Waals surface area contributed by atoms with Crippen molar-refractivity contribution >= 4 is 45.6 Å². The lowest BCUT2D eigenvalue weighted by Crippen LogP contribution is -2.37. The number of methoxy groups -OCH3 is 1. The van der Waals surface area contributed by atoms with E-state index in [0.29, 0.717) is 5.75 Å². The summed E-state index contributed by atoms with van der Waals surface area (Å²) in [7, 11) is -0.530. The Morgan fingerprint density at radius 3 is 2.40 bits per heavy atom. The molecule has 1 aromatic rings. The number of rotatable bonds is 6. The first-order valence-electron chi connectivity index (χ1n) is 5.52. The Kier molecular flexibility index (Phi) is 8.16. The second-order valence-electron chi connectivity index (χ2n) is 3.94. The zero-order chi connectivity index (χ0) is 14.6. The first-order valence-corrected chi connectivity index (χ1v) is 7.76. The molecule has 1 unspecified atom stereocenters. The molecule has 0 bridgehead atoms. The summed E-state index contributed by atoms with van der Waals surface area (Å²) >= 11 is 11.9. The van der Waals surface area contributed by atoms with Crippen molar-refractivity contribution in [2.75, 3.05) is 20.7 Å². The van der Waals surface area contributed by atoms with E-state index in [2.05, 4.69) is 10.0 Å². The first-order chi connectivity index (χ1) is 8.83. The summed E-state index contributed by atoms with van der Waals surface area (Å²) in [6.45, 7) is 2.10. The van der Waals surface area contributed by atoms with Crippen LogP contribution in [0.4, 0.5) is 0 Å². The lowest BCUT2D eigenvalue weighted by Gasteiger charge is -2.14. The van der Waals surface area contributed by atoms with Gasteiger partial charge >= 0.3 is 0 Å². The lowest BCUT2D eigenvalue weighted by atomic mass is 10.3. The zero-order valence-electron chi connectivity index (χ0n) is 11.2. The third kappa shape index (κ3) is 4.65. The van der Waals surface area contributed by atoms with Gasteiger partial charge in [0.1, 0.15) is 15.7 Å². The van der Waals surface area contributed by atoms with E-state index in [-0.39, 0.29) is 39.9 Å². The standard InChI is InChI=1S/C11H16Cl2N2O3S.ClH/c1-7(14-2)6-15-19(16,17)9-5-4-8(18-3)10(12)11(9)13;/h4-5,7,14-15H,6H2,1-3H3;1H. The monoisotopic (exact) mass is 362 g/mol. The number of halogens is 3. The molecule has 0 aliphatic carbocycles. The van der Waals surface area contributed by atoms with Gasteiger partial charge in [-0.2, -0.15) is 0 Å². The SMILES string of the molecule is CNC(C)CNS(=O)(=O)c1ccc(OC)c(Cl)c1Cl.Cl. The lowest BCUT2D eigenvalue weighted by molar-refractivity contribution is 0.414. The predicted octanol–water partition coefficient (Wildman–Crippen LogP) is 2.31. The van der Waals surface area contributed by atoms with Crippen molar-refractivity contribution in [3.63, 3.8) is 0 Å². The molecule has 20 heavy (non-hydrogen) atoms. The van der Waals surface area contributed by atoms with Gasteiger partial charge in [-0.1, -0.05) is 23.2 Å². The summed E-state index contributed by atoms with van der Waals surface area (Å²) in [5, 5.41) is 2.95. The van der Waals surface area contributed by atoms with Crippen molar-refractivity contribution in [2.45, 2.75) is 17.9 Å². The van der Waals surface area contributed by atoms with Crippen LogP contribution in [0.3, 0.4) is 0 Å². The summed E-state index contributed by atoms with van der Waals surface area (Å²) in [6, 6.07) is 2.83. The van der Waals surface area contributed by atoms with Crippen molar-refractivity contribution in [3.8, 4) is 5.75 Å². The second kappa shape index (κ2) is 8.26. The first kappa shape index (κ1) is 19.8. The summed E-state index contributed by atoms with van der Waals surface area (Å²) in [4.78, 5) is -0.0664. The summed E-state index contributed by atoms with van der Waals surface area (Å²) in [6.07, 6.45) is 0. The topological polar surface area (TPSA) is 67.4 Å². The average molecular weight is 364 g/mol. The molecule has 0 aliphatic heterocycles. The molecule has 0 saturated heterocycles. The molecular weight excluding hydrogens is 347 g/mol. The van der Waals surface area contributed by atoms with E-state index in [0.717, 1.165) is 0 Å². The van der Waals surface area contributed by atoms with Gasteiger partial charge in [-0.05, 0) is 26.1 Å². The van der Waals surface area contributed by atoms with Crippen molar-refractivity contribution in [1.29, 1.82) is 0 Å². The smallest absolute Gasteiger partial charge is 0.242 e. The Morgan fingerprint density at radius 2 is 1.90 bits per heavy atom. The van der Waals surface area contributed by atoms with Gasteiger partial charge in [0.15, 0.2) is 0 Å². The van der Waals surface area contributed by atoms with Gasteiger partial charge in [-0.25, -0.2) is 13.1 Å². The van der Waals surface area contributed by atoms with E-state index in [4.69, 9.17) is 27.9 Å². The van der Waals surface area contributed by atoms with Crippen molar-refractivity contribution in [3.05, 3.63) is 22.2 Å². The fourth-order valence-electron chi connectivity index (χ4n) is 1.29. The Hall–Kier alpha value is -0.240. The van der Waals surface area contributed by atoms with Gasteiger partial charge in [-0.3, -0.25) is 0 Å². The third-order valence-corrected chi connectivity index (χ3v) is 5.04. The Morgan fingerprint density at radius 1 is 1.30 bits per heavy atom. The third-order valence-electron chi connectivity index (χ3n) is 2.59. The maximum absolute atomic E-state index is 12.1. The molecule has 0 saturated carbocycles. The highest BCUT2D eigenvalue weighted by atomic mass is 35.5. The highest BCUT2D eigenvalue weighted by Gasteiger charge is 2.21. The minimum atomic E-state index is -3.71. The molecule has 116 valence electrons. The molecule has 1 rings (SSSR count). The number of likely N-dealkylation sites (N-methyl/N-ethyl adjacent to an activating group) is 1. The van der Waals surface area contributed by atoms with Gasteiger partial charge < -0.3 is 10.1 Å². The van der Waals surface area contributed by atoms with Crippen molar-refractivity contribution in [2.24, 2.45) is 0 Å². The molecule has 2 N–H and O–H groups in total. The largest absolute Gasteiger partial charge is 0.495 e. The number of sulfonamides is 1. The molecule has 0 fully saturated rings. The minimum absolute atomic E-state index is 0. The molecule has 0 radical (unpaired) electrons. The van der Waals surface area contributed by atoms with Crippen LogP contribution < -0.4 is 14.8 Å². The van der Waals surface area contributed by atoms with Crippen LogP contribution in [0.5, 0.6) is 5.75 Å². The highest BCUT2D eigenvalue weighted by Crippen LogP contribution is 2.36. The maximum Gasteiger partial charge on any atom is 0.242 e. The van der Waals surface area contributed by atoms with E-state index < -0.39 is 10.0 Å². The van der Waals surface area contributed by atoms with Crippen LogP contribution >= 0.6 is 35.6 Å². The van der Waals surface area contributed by atoms with Crippen LogP contribution in [-0.4, -0.2) is 35.2 Å². The number of ether oxygens (including phenoxy) is 1. The minimum Gasteiger partial charge on any atom is -0.495 e. The van der Waals surface area contributed by atoms with E-state index in [9.17, 15) is 8.42 Å². The van der Waals surface area contributed by atoms with Gasteiger partial charge in [0.05, 0.1) is 12.1 Å². The Bertz CT molecular complexity index is 552. The molecule has 0 aliphatic rings. The van der Waals surface area contributed by atoms with E-state index in [1.165, 1.54) is 19.2 Å². The van der Waals surface area contributed by atoms with Gasteiger partial charge in [0.25, 0.3) is 0 Å². The number of nitrogens with one attached hydrogen (secondary N) is 2. The Labute approximate surface area is 135 Å². The van der Waals surface area contributed by atoms with Crippen LogP contribution in [-0.2, 0) is 10.0 Å². The normalized spacial score (nSPS) is 12.7. The van der Waals surface area contributed by atoms with Gasteiger partial charge in [0, 0.05) is 12.6 Å². The van der Waals surface area contributed by atoms with E-state index in [1.807, 2.05) is 6.92 Å². The average Bonchev–Trinajstić information content (AvgIpc) is 2.38. The Balaban J connectivity index is 0.00000361. The molecular formula is C11H17Cl3N2O3S. The summed E-state index contributed by atoms with van der Waals surface area (Å²) < 4.78 is 31.6. The molecule has 1 atom stereocenters. The second-order valence-corrected chi connectivity index (χ2v) is 6.43. The number of benzene rings is 1. The zero-order valence-corrected chi connectivity index (χ0v) is 14.4. The molecule has 0 amide bonds. The quantitative estimate of drug-likeness (QED) is 0.814. The fourth-order valence-corrected chi connectivity index (χ4v) is 3.26. The molecule has 0 spiro atoms. The van der Waals surface area contributed by atoms with Crippen LogP contribution in [0.1, 0.15) is 6.92 Å². The van der Waals surface area contributed by atoms with Gasteiger partial charge in [-0.15, -0.1) is 12.4 Å². The molecule has 9 heteroatoms. The van der Waals surface area contributed by atoms with Gasteiger partial charge in [0.2, 0.25) is 10.0 Å². The molecule has 0 aromatic heterocycles. The molecule has 1 aromatic carbocycles. The van der Waals surface area contributed by atoms with Crippen LogP contribution in [0.25, 0.3) is 0 Å². The van der Waals surface area contributed by atoms with E-state index in [1.54, 1.807) is 7.05 Å². The maximum atomic E-state index is 12.1.